The van der Waals surface area contributed by atoms with Crippen molar-refractivity contribution >= 4 is 5.97 Å². The van der Waals surface area contributed by atoms with Gasteiger partial charge in [-0.05, 0) is 18.1 Å². The van der Waals surface area contributed by atoms with Gasteiger partial charge < -0.3 is 9.84 Å². The molecule has 0 aliphatic carbocycles. The topological polar surface area (TPSA) is 77.2 Å². The molecule has 0 aliphatic heterocycles. The Kier molecular flexibility index (Phi) is 5.05. The molecule has 2 rings (SSSR count). The molecule has 0 saturated heterocycles. The van der Waals surface area contributed by atoms with Gasteiger partial charge in [-0.3, -0.25) is 4.79 Å². The molecule has 1 N–H and O–H groups in total. The molecule has 0 saturated carbocycles. The summed E-state index contributed by atoms with van der Waals surface area (Å²) in [7, 11) is 1.61. The van der Waals surface area contributed by atoms with E-state index in [9.17, 15) is 4.79 Å². The summed E-state index contributed by atoms with van der Waals surface area (Å²) in [5.74, 6) is 0.351. The minimum atomic E-state index is -0.927. The third-order valence-corrected chi connectivity index (χ3v) is 3.22. The number of aliphatic carboxylic acids is 1. The smallest absolute Gasteiger partial charge is 0.325 e. The number of ether oxygens (including phenoxy) is 1. The summed E-state index contributed by atoms with van der Waals surface area (Å²) >= 11 is 0. The van der Waals surface area contributed by atoms with Gasteiger partial charge in [0.05, 0.1) is 6.61 Å². The monoisotopic (exact) mass is 289 g/mol. The van der Waals surface area contributed by atoms with Crippen LogP contribution in [0.3, 0.4) is 0 Å². The summed E-state index contributed by atoms with van der Waals surface area (Å²) < 4.78 is 6.47. The summed E-state index contributed by atoms with van der Waals surface area (Å²) in [6, 6.07) is 7.99. The highest BCUT2D eigenvalue weighted by molar-refractivity contribution is 5.66. The molecule has 2 aromatic rings. The Morgan fingerprint density at radius 3 is 2.81 bits per heavy atom. The van der Waals surface area contributed by atoms with Crippen molar-refractivity contribution in [3.8, 4) is 0 Å². The predicted molar refractivity (Wildman–Crippen MR) is 77.2 cm³/mol. The molecule has 1 aromatic carbocycles. The van der Waals surface area contributed by atoms with Crippen molar-refractivity contribution in [1.29, 1.82) is 0 Å². The Morgan fingerprint density at radius 2 is 2.14 bits per heavy atom. The Labute approximate surface area is 123 Å². The lowest BCUT2D eigenvalue weighted by atomic mass is 10.1. The molecule has 1 aromatic heterocycles. The summed E-state index contributed by atoms with van der Waals surface area (Å²) in [5.41, 5.74) is 2.27. The van der Waals surface area contributed by atoms with Crippen molar-refractivity contribution in [2.75, 3.05) is 13.7 Å². The molecule has 0 radical (unpaired) electrons. The number of carboxylic acid groups (broad SMARTS) is 1. The Hall–Kier alpha value is -2.21. The van der Waals surface area contributed by atoms with Crippen LogP contribution in [0, 0.1) is 6.92 Å². The Bertz CT molecular complexity index is 622. The molecule has 21 heavy (non-hydrogen) atoms. The molecule has 0 amide bonds. The van der Waals surface area contributed by atoms with Crippen molar-refractivity contribution in [3.63, 3.8) is 0 Å². The van der Waals surface area contributed by atoms with Crippen LogP contribution in [-0.2, 0) is 28.9 Å². The zero-order chi connectivity index (χ0) is 15.2. The summed E-state index contributed by atoms with van der Waals surface area (Å²) in [4.78, 5) is 15.4. The maximum absolute atomic E-state index is 11.0. The van der Waals surface area contributed by atoms with Crippen LogP contribution in [0.2, 0.25) is 0 Å². The van der Waals surface area contributed by atoms with Gasteiger partial charge in [0.1, 0.15) is 12.4 Å². The highest BCUT2D eigenvalue weighted by Gasteiger charge is 2.13. The molecule has 0 fully saturated rings. The second-order valence-corrected chi connectivity index (χ2v) is 4.84. The lowest BCUT2D eigenvalue weighted by Gasteiger charge is -2.05. The third kappa shape index (κ3) is 4.13. The first-order valence-electron chi connectivity index (χ1n) is 6.78. The fourth-order valence-electron chi connectivity index (χ4n) is 2.09. The number of aromatic nitrogens is 3. The summed E-state index contributed by atoms with van der Waals surface area (Å²) in [6.45, 7) is 2.36. The van der Waals surface area contributed by atoms with E-state index >= 15 is 0 Å². The van der Waals surface area contributed by atoms with Gasteiger partial charge in [-0.2, -0.15) is 5.10 Å². The standard InChI is InChI=1S/C15H19N3O3/c1-11-5-3-4-6-12(11)9-14-16-13(7-8-21-2)17-18(14)10-15(19)20/h3-6H,7-10H2,1-2H3,(H,19,20). The molecule has 0 bridgehead atoms. The van der Waals surface area contributed by atoms with Crippen LogP contribution in [0.15, 0.2) is 24.3 Å². The highest BCUT2D eigenvalue weighted by atomic mass is 16.5. The van der Waals surface area contributed by atoms with Gasteiger partial charge in [-0.1, -0.05) is 24.3 Å². The largest absolute Gasteiger partial charge is 0.480 e. The number of methoxy groups -OCH3 is 1. The number of carbonyl (C=O) groups is 1. The molecule has 1 heterocycles. The predicted octanol–water partition coefficient (Wildman–Crippen LogP) is 1.45. The zero-order valence-corrected chi connectivity index (χ0v) is 12.2. The van der Waals surface area contributed by atoms with Crippen LogP contribution in [0.1, 0.15) is 22.8 Å². The van der Waals surface area contributed by atoms with Crippen molar-refractivity contribution in [1.82, 2.24) is 14.8 Å². The van der Waals surface area contributed by atoms with E-state index in [0.29, 0.717) is 31.1 Å². The van der Waals surface area contributed by atoms with E-state index in [1.54, 1.807) is 7.11 Å². The molecule has 6 heteroatoms. The van der Waals surface area contributed by atoms with Crippen LogP contribution < -0.4 is 0 Å². The van der Waals surface area contributed by atoms with E-state index < -0.39 is 5.97 Å². The molecule has 0 aliphatic rings. The van der Waals surface area contributed by atoms with E-state index in [4.69, 9.17) is 9.84 Å². The average Bonchev–Trinajstić information content (AvgIpc) is 2.80. The maximum Gasteiger partial charge on any atom is 0.325 e. The van der Waals surface area contributed by atoms with Gasteiger partial charge in [-0.15, -0.1) is 0 Å². The van der Waals surface area contributed by atoms with Crippen LogP contribution in [-0.4, -0.2) is 39.6 Å². The minimum Gasteiger partial charge on any atom is -0.480 e. The lowest BCUT2D eigenvalue weighted by Crippen LogP contribution is -2.14. The first-order valence-corrected chi connectivity index (χ1v) is 6.78. The molecule has 0 atom stereocenters. The van der Waals surface area contributed by atoms with Gasteiger partial charge in [0, 0.05) is 20.0 Å². The molecule has 0 spiro atoms. The lowest BCUT2D eigenvalue weighted by molar-refractivity contribution is -0.137. The van der Waals surface area contributed by atoms with Gasteiger partial charge in [0.2, 0.25) is 0 Å². The molecule has 112 valence electrons. The fourth-order valence-corrected chi connectivity index (χ4v) is 2.09. The third-order valence-electron chi connectivity index (χ3n) is 3.22. The number of benzene rings is 1. The number of carboxylic acids is 1. The second-order valence-electron chi connectivity index (χ2n) is 4.84. The molecular weight excluding hydrogens is 270 g/mol. The molecule has 0 unspecified atom stereocenters. The van der Waals surface area contributed by atoms with E-state index in [1.807, 2.05) is 31.2 Å². The van der Waals surface area contributed by atoms with E-state index in [-0.39, 0.29) is 6.54 Å². The average molecular weight is 289 g/mol. The van der Waals surface area contributed by atoms with Crippen molar-refractivity contribution in [2.24, 2.45) is 0 Å². The van der Waals surface area contributed by atoms with Crippen molar-refractivity contribution in [2.45, 2.75) is 26.3 Å². The number of nitrogens with zero attached hydrogens (tertiary/aromatic N) is 3. The van der Waals surface area contributed by atoms with Gasteiger partial charge in [0.15, 0.2) is 5.82 Å². The van der Waals surface area contributed by atoms with Crippen LogP contribution in [0.5, 0.6) is 0 Å². The van der Waals surface area contributed by atoms with Gasteiger partial charge >= 0.3 is 5.97 Å². The van der Waals surface area contributed by atoms with Crippen LogP contribution in [0.25, 0.3) is 0 Å². The normalized spacial score (nSPS) is 10.8. The van der Waals surface area contributed by atoms with E-state index in [0.717, 1.165) is 11.1 Å². The Balaban J connectivity index is 2.25. The zero-order valence-electron chi connectivity index (χ0n) is 12.2. The fraction of sp³-hybridized carbons (Fsp3) is 0.400. The van der Waals surface area contributed by atoms with Crippen molar-refractivity contribution < 1.29 is 14.6 Å². The van der Waals surface area contributed by atoms with Crippen LogP contribution >= 0.6 is 0 Å². The maximum atomic E-state index is 11.0. The Morgan fingerprint density at radius 1 is 1.38 bits per heavy atom. The number of hydrogen-bond acceptors (Lipinski definition) is 4. The van der Waals surface area contributed by atoms with Gasteiger partial charge in [-0.25, -0.2) is 9.67 Å². The van der Waals surface area contributed by atoms with E-state index in [1.165, 1.54) is 4.68 Å². The van der Waals surface area contributed by atoms with Gasteiger partial charge in [0.25, 0.3) is 0 Å². The molecule has 6 nitrogen and oxygen atoms in total. The summed E-state index contributed by atoms with van der Waals surface area (Å²) in [5, 5.41) is 13.2. The first-order chi connectivity index (χ1) is 10.1. The minimum absolute atomic E-state index is 0.179. The summed E-state index contributed by atoms with van der Waals surface area (Å²) in [6.07, 6.45) is 1.14. The highest BCUT2D eigenvalue weighted by Crippen LogP contribution is 2.13. The van der Waals surface area contributed by atoms with Crippen LogP contribution in [0.4, 0.5) is 0 Å². The molecular formula is C15H19N3O3. The second kappa shape index (κ2) is 6.99. The quantitative estimate of drug-likeness (QED) is 0.834. The SMILES string of the molecule is COCCc1nc(Cc2ccccc2C)n(CC(=O)O)n1. The van der Waals surface area contributed by atoms with Crippen molar-refractivity contribution in [3.05, 3.63) is 47.0 Å². The number of hydrogen-bond donors (Lipinski definition) is 1. The number of rotatable bonds is 7. The number of aryl methyl sites for hydroxylation is 1. The van der Waals surface area contributed by atoms with E-state index in [2.05, 4.69) is 10.1 Å². The first kappa shape index (κ1) is 15.2.